The first-order chi connectivity index (χ1) is 17.1. The van der Waals surface area contributed by atoms with Crippen molar-refractivity contribution in [3.8, 4) is 5.75 Å². The van der Waals surface area contributed by atoms with Gasteiger partial charge in [-0.3, -0.25) is 9.59 Å². The van der Waals surface area contributed by atoms with E-state index < -0.39 is 17.8 Å². The number of halogens is 4. The molecule has 1 atom stereocenters. The molecule has 0 spiro atoms. The number of nitrogens with one attached hydrogen (secondary N) is 1. The van der Waals surface area contributed by atoms with Crippen molar-refractivity contribution in [1.29, 1.82) is 0 Å². The Morgan fingerprint density at radius 2 is 1.75 bits per heavy atom. The maximum atomic E-state index is 13.4. The van der Waals surface area contributed by atoms with Gasteiger partial charge in [-0.25, -0.2) is 0 Å². The summed E-state index contributed by atoms with van der Waals surface area (Å²) >= 11 is 6.42. The Balaban J connectivity index is 1.34. The van der Waals surface area contributed by atoms with Crippen molar-refractivity contribution in [2.75, 3.05) is 29.9 Å². The van der Waals surface area contributed by atoms with E-state index in [1.165, 1.54) is 19.1 Å². The van der Waals surface area contributed by atoms with Gasteiger partial charge in [-0.15, -0.1) is 0 Å². The molecule has 0 aliphatic carbocycles. The Bertz CT molecular complexity index is 1100. The number of nitrogens with zero attached hydrogens (tertiary/aromatic N) is 2. The van der Waals surface area contributed by atoms with Crippen LogP contribution in [0.2, 0.25) is 5.02 Å². The van der Waals surface area contributed by atoms with Crippen molar-refractivity contribution in [1.82, 2.24) is 4.90 Å². The van der Waals surface area contributed by atoms with Crippen molar-refractivity contribution in [2.24, 2.45) is 0 Å². The van der Waals surface area contributed by atoms with Crippen LogP contribution in [0.4, 0.5) is 24.5 Å². The molecule has 2 fully saturated rings. The summed E-state index contributed by atoms with van der Waals surface area (Å²) < 4.78 is 46.2. The summed E-state index contributed by atoms with van der Waals surface area (Å²) in [7, 11) is 0. The quantitative estimate of drug-likeness (QED) is 0.542. The van der Waals surface area contributed by atoms with Crippen molar-refractivity contribution in [3.63, 3.8) is 0 Å². The summed E-state index contributed by atoms with van der Waals surface area (Å²) in [6.45, 7) is 2.89. The molecule has 194 valence electrons. The molecule has 10 heteroatoms. The summed E-state index contributed by atoms with van der Waals surface area (Å²) in [5, 5.41) is 3.16. The Kier molecular flexibility index (Phi) is 7.97. The van der Waals surface area contributed by atoms with Gasteiger partial charge in [-0.2, -0.15) is 13.2 Å². The lowest BCUT2D eigenvalue weighted by Crippen LogP contribution is -2.49. The number of hydrogen-bond donors (Lipinski definition) is 1. The number of benzene rings is 2. The Labute approximate surface area is 213 Å². The Morgan fingerprint density at radius 1 is 1.03 bits per heavy atom. The molecular weight excluding hydrogens is 495 g/mol. The Hall–Kier alpha value is -2.94. The minimum Gasteiger partial charge on any atom is -0.489 e. The van der Waals surface area contributed by atoms with E-state index in [9.17, 15) is 22.8 Å². The molecule has 0 aromatic heterocycles. The summed E-state index contributed by atoms with van der Waals surface area (Å²) in [4.78, 5) is 28.0. The van der Waals surface area contributed by atoms with Gasteiger partial charge in [0.15, 0.2) is 0 Å². The van der Waals surface area contributed by atoms with Crippen LogP contribution in [-0.4, -0.2) is 48.5 Å². The fourth-order valence-electron chi connectivity index (χ4n) is 4.86. The maximum absolute atomic E-state index is 13.4. The molecule has 2 aliphatic rings. The summed E-state index contributed by atoms with van der Waals surface area (Å²) in [5.41, 5.74) is 0.0533. The second kappa shape index (κ2) is 11.0. The maximum Gasteiger partial charge on any atom is 0.418 e. The van der Waals surface area contributed by atoms with Crippen molar-refractivity contribution in [3.05, 3.63) is 53.1 Å². The standard InChI is InChI=1S/C26H29ClF3N3O3/c1-17(34)33-13-5-4-8-23(33)25(35)31-18-9-10-24(21(27)16-18)36-19-11-14-32(15-12-19)22-7-3-2-6-20(22)26(28,29)30/h2-3,6-7,9-10,16,19,23H,4-5,8,11-15H2,1H3,(H,31,35). The average molecular weight is 524 g/mol. The molecule has 2 amide bonds. The Morgan fingerprint density at radius 3 is 2.42 bits per heavy atom. The molecule has 0 saturated carbocycles. The summed E-state index contributed by atoms with van der Waals surface area (Å²) in [5.74, 6) is 0.0811. The number of anilines is 2. The smallest absolute Gasteiger partial charge is 0.418 e. The van der Waals surface area contributed by atoms with Gasteiger partial charge in [0.05, 0.1) is 10.6 Å². The molecule has 1 N–H and O–H groups in total. The van der Waals surface area contributed by atoms with Crippen LogP contribution in [0.3, 0.4) is 0 Å². The van der Waals surface area contributed by atoms with Crippen molar-refractivity contribution < 1.29 is 27.5 Å². The molecule has 2 aromatic rings. The fraction of sp³-hybridized carbons (Fsp3) is 0.462. The number of carbonyl (C=O) groups excluding carboxylic acids is 2. The largest absolute Gasteiger partial charge is 0.489 e. The lowest BCUT2D eigenvalue weighted by molar-refractivity contribution is -0.138. The van der Waals surface area contributed by atoms with Crippen LogP contribution in [0, 0.1) is 0 Å². The minimum absolute atomic E-state index is 0.121. The fourth-order valence-corrected chi connectivity index (χ4v) is 5.09. The third-order valence-corrected chi connectivity index (χ3v) is 6.99. The number of ether oxygens (including phenoxy) is 1. The van der Waals surface area contributed by atoms with Crippen molar-refractivity contribution >= 4 is 34.8 Å². The molecule has 4 rings (SSSR count). The predicted molar refractivity (Wildman–Crippen MR) is 132 cm³/mol. The van der Waals surface area contributed by atoms with E-state index >= 15 is 0 Å². The first-order valence-corrected chi connectivity index (χ1v) is 12.5. The number of amides is 2. The zero-order valence-electron chi connectivity index (χ0n) is 20.0. The molecule has 2 aromatic carbocycles. The minimum atomic E-state index is -4.41. The SMILES string of the molecule is CC(=O)N1CCCCC1C(=O)Nc1ccc(OC2CCN(c3ccccc3C(F)(F)F)CC2)c(Cl)c1. The monoisotopic (exact) mass is 523 g/mol. The van der Waals surface area contributed by atoms with Gasteiger partial charge in [0, 0.05) is 50.8 Å². The van der Waals surface area contributed by atoms with Crippen LogP contribution in [0.15, 0.2) is 42.5 Å². The highest BCUT2D eigenvalue weighted by Crippen LogP contribution is 2.38. The van der Waals surface area contributed by atoms with E-state index in [-0.39, 0.29) is 23.6 Å². The van der Waals surface area contributed by atoms with Crippen LogP contribution in [0.5, 0.6) is 5.75 Å². The molecule has 0 bridgehead atoms. The molecule has 2 heterocycles. The van der Waals surface area contributed by atoms with Crippen molar-refractivity contribution in [2.45, 2.75) is 57.3 Å². The topological polar surface area (TPSA) is 61.9 Å². The first kappa shape index (κ1) is 26.1. The lowest BCUT2D eigenvalue weighted by atomic mass is 10.0. The van der Waals surface area contributed by atoms with Gasteiger partial charge in [0.25, 0.3) is 0 Å². The normalized spacial score (nSPS) is 19.2. The van der Waals surface area contributed by atoms with Crippen LogP contribution >= 0.6 is 11.6 Å². The second-order valence-electron chi connectivity index (χ2n) is 9.18. The number of likely N-dealkylation sites (tertiary alicyclic amines) is 1. The first-order valence-electron chi connectivity index (χ1n) is 12.1. The molecule has 1 unspecified atom stereocenters. The highest BCUT2D eigenvalue weighted by molar-refractivity contribution is 6.32. The number of alkyl halides is 3. The predicted octanol–water partition coefficient (Wildman–Crippen LogP) is 5.75. The van der Waals surface area contributed by atoms with E-state index in [0.717, 1.165) is 18.9 Å². The van der Waals surface area contributed by atoms with Gasteiger partial charge in [-0.05, 0) is 49.6 Å². The third-order valence-electron chi connectivity index (χ3n) is 6.70. The number of hydrogen-bond acceptors (Lipinski definition) is 4. The van der Waals surface area contributed by atoms with E-state index in [0.29, 0.717) is 55.4 Å². The lowest BCUT2D eigenvalue weighted by Gasteiger charge is -2.35. The van der Waals surface area contributed by atoms with Crippen LogP contribution in [0.25, 0.3) is 0 Å². The number of carbonyl (C=O) groups is 2. The highest BCUT2D eigenvalue weighted by Gasteiger charge is 2.35. The zero-order valence-corrected chi connectivity index (χ0v) is 20.7. The van der Waals surface area contributed by atoms with Crippen LogP contribution < -0.4 is 15.0 Å². The average Bonchev–Trinajstić information content (AvgIpc) is 2.85. The molecule has 0 radical (unpaired) electrons. The highest BCUT2D eigenvalue weighted by atomic mass is 35.5. The number of para-hydroxylation sites is 1. The molecule has 36 heavy (non-hydrogen) atoms. The number of rotatable bonds is 5. The van der Waals surface area contributed by atoms with E-state index in [2.05, 4.69) is 5.32 Å². The van der Waals surface area contributed by atoms with E-state index in [4.69, 9.17) is 16.3 Å². The molecule has 6 nitrogen and oxygen atoms in total. The summed E-state index contributed by atoms with van der Waals surface area (Å²) in [6, 6.07) is 10.1. The van der Waals surface area contributed by atoms with E-state index in [1.54, 1.807) is 34.1 Å². The van der Waals surface area contributed by atoms with Gasteiger partial charge < -0.3 is 19.9 Å². The molecular formula is C26H29ClF3N3O3. The van der Waals surface area contributed by atoms with E-state index in [1.807, 2.05) is 0 Å². The summed E-state index contributed by atoms with van der Waals surface area (Å²) in [6.07, 6.45) is -1.12. The molecule has 2 saturated heterocycles. The van der Waals surface area contributed by atoms with Crippen LogP contribution in [-0.2, 0) is 15.8 Å². The molecule has 2 aliphatic heterocycles. The van der Waals surface area contributed by atoms with Gasteiger partial charge >= 0.3 is 6.18 Å². The second-order valence-corrected chi connectivity index (χ2v) is 9.58. The van der Waals surface area contributed by atoms with Gasteiger partial charge in [0.2, 0.25) is 11.8 Å². The van der Waals surface area contributed by atoms with Gasteiger partial charge in [-0.1, -0.05) is 23.7 Å². The number of piperidine rings is 2. The zero-order chi connectivity index (χ0) is 25.9. The van der Waals surface area contributed by atoms with Crippen LogP contribution in [0.1, 0.15) is 44.6 Å². The third kappa shape index (κ3) is 6.06. The van der Waals surface area contributed by atoms with Gasteiger partial charge in [0.1, 0.15) is 17.9 Å².